The van der Waals surface area contributed by atoms with Crippen LogP contribution in [0.3, 0.4) is 0 Å². The molecule has 0 saturated carbocycles. The lowest BCUT2D eigenvalue weighted by atomic mass is 9.61. The summed E-state index contributed by atoms with van der Waals surface area (Å²) < 4.78 is 5.24. The molecule has 5 nitrogen and oxygen atoms in total. The van der Waals surface area contributed by atoms with Gasteiger partial charge in [0.15, 0.2) is 5.41 Å². The molecule has 0 bridgehead atoms. The quantitative estimate of drug-likeness (QED) is 0.635. The zero-order valence-electron chi connectivity index (χ0n) is 12.2. The number of ether oxygens (including phenoxy) is 1. The normalized spacial score (nSPS) is 31.3. The van der Waals surface area contributed by atoms with E-state index in [1.54, 1.807) is 13.0 Å². The molecule has 2 rings (SSSR count). The molecule has 21 heavy (non-hydrogen) atoms. The fourth-order valence-electron chi connectivity index (χ4n) is 3.39. The zero-order valence-corrected chi connectivity index (χ0v) is 12.2. The van der Waals surface area contributed by atoms with Crippen molar-refractivity contribution in [3.8, 4) is 6.07 Å². The van der Waals surface area contributed by atoms with Crippen LogP contribution in [-0.4, -0.2) is 18.5 Å². The lowest BCUT2D eigenvalue weighted by molar-refractivity contribution is -0.154. The number of nitrogens with two attached hydrogens (primary N) is 1. The van der Waals surface area contributed by atoms with Crippen molar-refractivity contribution < 1.29 is 14.3 Å². The van der Waals surface area contributed by atoms with E-state index in [1.165, 1.54) is 0 Å². The van der Waals surface area contributed by atoms with E-state index in [0.717, 1.165) is 12.8 Å². The van der Waals surface area contributed by atoms with Gasteiger partial charge in [0.2, 0.25) is 5.91 Å². The van der Waals surface area contributed by atoms with Gasteiger partial charge in [0, 0.05) is 0 Å². The number of hydrogen-bond acceptors (Lipinski definition) is 4. The number of nitrogens with zero attached hydrogens (tertiary/aromatic N) is 1. The number of amides is 1. The van der Waals surface area contributed by atoms with E-state index in [-0.39, 0.29) is 19.0 Å². The summed E-state index contributed by atoms with van der Waals surface area (Å²) in [5.74, 6) is -1.05. The van der Waals surface area contributed by atoms with Crippen LogP contribution in [0.5, 0.6) is 0 Å². The highest BCUT2D eigenvalue weighted by Gasteiger charge is 2.55. The summed E-state index contributed by atoms with van der Waals surface area (Å²) in [6.07, 6.45) is 8.30. The fraction of sp³-hybridized carbons (Fsp3) is 0.562. The van der Waals surface area contributed by atoms with Gasteiger partial charge in [-0.2, -0.15) is 5.26 Å². The van der Waals surface area contributed by atoms with Gasteiger partial charge in [0.05, 0.1) is 18.1 Å². The number of hydrogen-bond donors (Lipinski definition) is 1. The van der Waals surface area contributed by atoms with Crippen LogP contribution in [0.4, 0.5) is 0 Å². The number of carbonyl (C=O) groups excluding carboxylic acids is 2. The van der Waals surface area contributed by atoms with Crippen molar-refractivity contribution in [1.29, 1.82) is 5.26 Å². The average Bonchev–Trinajstić information content (AvgIpc) is 2.65. The van der Waals surface area contributed by atoms with Crippen molar-refractivity contribution in [2.24, 2.45) is 16.6 Å². The van der Waals surface area contributed by atoms with Crippen molar-refractivity contribution in [2.75, 3.05) is 6.61 Å². The lowest BCUT2D eigenvalue weighted by Crippen LogP contribution is -2.47. The molecular weight excluding hydrogens is 268 g/mol. The minimum atomic E-state index is -1.44. The summed E-state index contributed by atoms with van der Waals surface area (Å²) >= 11 is 0. The van der Waals surface area contributed by atoms with Crippen molar-refractivity contribution in [2.45, 2.75) is 39.0 Å². The van der Waals surface area contributed by atoms with E-state index in [0.29, 0.717) is 18.4 Å². The van der Waals surface area contributed by atoms with Gasteiger partial charge in [-0.3, -0.25) is 9.59 Å². The molecule has 112 valence electrons. The molecule has 0 spiro atoms. The molecule has 5 heteroatoms. The second-order valence-corrected chi connectivity index (χ2v) is 5.57. The molecule has 2 aliphatic rings. The Morgan fingerprint density at radius 2 is 2.14 bits per heavy atom. The van der Waals surface area contributed by atoms with Crippen molar-refractivity contribution in [3.63, 3.8) is 0 Å². The largest absolute Gasteiger partial charge is 0.465 e. The number of nitriles is 1. The minimum Gasteiger partial charge on any atom is -0.465 e. The first-order chi connectivity index (χ1) is 10.0. The van der Waals surface area contributed by atoms with Gasteiger partial charge < -0.3 is 10.5 Å². The Hall–Kier alpha value is -2.09. The Kier molecular flexibility index (Phi) is 4.17. The second-order valence-electron chi connectivity index (χ2n) is 5.57. The molecule has 0 heterocycles. The Morgan fingerprint density at radius 1 is 1.43 bits per heavy atom. The maximum Gasteiger partial charge on any atom is 0.316 e. The average molecular weight is 288 g/mol. The molecule has 0 aliphatic heterocycles. The van der Waals surface area contributed by atoms with Gasteiger partial charge in [-0.05, 0) is 44.6 Å². The number of esters is 1. The summed E-state index contributed by atoms with van der Waals surface area (Å²) in [5.41, 5.74) is 3.71. The molecule has 2 aliphatic carbocycles. The Bertz CT molecular complexity index is 558. The van der Waals surface area contributed by atoms with Gasteiger partial charge >= 0.3 is 5.97 Å². The summed E-state index contributed by atoms with van der Waals surface area (Å²) in [6.45, 7) is 2.02. The summed E-state index contributed by atoms with van der Waals surface area (Å²) in [7, 11) is 0. The highest BCUT2D eigenvalue weighted by molar-refractivity contribution is 5.92. The Labute approximate surface area is 124 Å². The molecule has 0 unspecified atom stereocenters. The van der Waals surface area contributed by atoms with Crippen LogP contribution in [0.1, 0.15) is 39.0 Å². The molecule has 2 atom stereocenters. The smallest absolute Gasteiger partial charge is 0.316 e. The molecule has 0 aromatic heterocycles. The maximum absolute atomic E-state index is 12.6. The minimum absolute atomic E-state index is 0.214. The van der Waals surface area contributed by atoms with Gasteiger partial charge in [-0.25, -0.2) is 0 Å². The third kappa shape index (κ3) is 2.25. The standard InChI is InChI=1S/C16H20N2O3/c1-2-21-14(20)15-8-4-3-7-12(15)16(11-17,13(18)19)10-6-5-9-15/h5-7H,2-4,8-10H2,1H3,(H2,18,19)/t15-,16+/m1/s1. The fourth-order valence-corrected chi connectivity index (χ4v) is 3.39. The number of fused-ring (bicyclic) bond motifs is 1. The summed E-state index contributed by atoms with van der Waals surface area (Å²) in [4.78, 5) is 24.6. The first-order valence-electron chi connectivity index (χ1n) is 7.28. The van der Waals surface area contributed by atoms with E-state index < -0.39 is 16.7 Å². The van der Waals surface area contributed by atoms with E-state index in [2.05, 4.69) is 6.07 Å². The van der Waals surface area contributed by atoms with Crippen LogP contribution in [0, 0.1) is 22.2 Å². The van der Waals surface area contributed by atoms with Crippen molar-refractivity contribution >= 4 is 11.9 Å². The Balaban J connectivity index is 2.62. The number of allylic oxidation sites excluding steroid dienone is 3. The van der Waals surface area contributed by atoms with Crippen LogP contribution in [0.25, 0.3) is 0 Å². The number of primary amides is 1. The van der Waals surface area contributed by atoms with E-state index in [4.69, 9.17) is 10.5 Å². The van der Waals surface area contributed by atoms with Gasteiger partial charge in [-0.1, -0.05) is 18.2 Å². The summed E-state index contributed by atoms with van der Waals surface area (Å²) in [6, 6.07) is 2.08. The second kappa shape index (κ2) is 5.72. The zero-order chi connectivity index (χ0) is 15.5. The van der Waals surface area contributed by atoms with Crippen molar-refractivity contribution in [1.82, 2.24) is 0 Å². The number of carbonyl (C=O) groups is 2. The monoisotopic (exact) mass is 288 g/mol. The van der Waals surface area contributed by atoms with E-state index in [9.17, 15) is 14.9 Å². The Morgan fingerprint density at radius 3 is 2.76 bits per heavy atom. The molecular formula is C16H20N2O3. The predicted molar refractivity (Wildman–Crippen MR) is 76.6 cm³/mol. The molecule has 0 fully saturated rings. The van der Waals surface area contributed by atoms with Gasteiger partial charge in [0.25, 0.3) is 0 Å². The topological polar surface area (TPSA) is 93.2 Å². The van der Waals surface area contributed by atoms with Crippen LogP contribution in [0.2, 0.25) is 0 Å². The summed E-state index contributed by atoms with van der Waals surface area (Å²) in [5, 5.41) is 9.62. The van der Waals surface area contributed by atoms with E-state index >= 15 is 0 Å². The third-order valence-electron chi connectivity index (χ3n) is 4.47. The molecule has 2 N–H and O–H groups in total. The van der Waals surface area contributed by atoms with Gasteiger partial charge in [0.1, 0.15) is 0 Å². The van der Waals surface area contributed by atoms with Crippen LogP contribution in [-0.2, 0) is 14.3 Å². The molecule has 1 amide bonds. The highest BCUT2D eigenvalue weighted by Crippen LogP contribution is 2.52. The first-order valence-corrected chi connectivity index (χ1v) is 7.28. The molecule has 0 aromatic carbocycles. The third-order valence-corrected chi connectivity index (χ3v) is 4.47. The highest BCUT2D eigenvalue weighted by atomic mass is 16.5. The first kappa shape index (κ1) is 15.3. The van der Waals surface area contributed by atoms with Crippen LogP contribution in [0.15, 0.2) is 23.8 Å². The number of rotatable bonds is 3. The molecule has 0 saturated heterocycles. The SMILES string of the molecule is CCOC(=O)[C@]12CC=CC[C@@](C#N)(C(N)=O)C1=CCCC2. The molecule has 0 aromatic rings. The predicted octanol–water partition coefficient (Wildman–Crippen LogP) is 1.99. The van der Waals surface area contributed by atoms with E-state index in [1.807, 2.05) is 12.2 Å². The van der Waals surface area contributed by atoms with Gasteiger partial charge in [-0.15, -0.1) is 0 Å². The molecule has 0 radical (unpaired) electrons. The maximum atomic E-state index is 12.6. The van der Waals surface area contributed by atoms with Crippen LogP contribution >= 0.6 is 0 Å². The lowest BCUT2D eigenvalue weighted by Gasteiger charge is -2.40. The van der Waals surface area contributed by atoms with Crippen LogP contribution < -0.4 is 5.73 Å². The van der Waals surface area contributed by atoms with Crippen molar-refractivity contribution in [3.05, 3.63) is 23.8 Å².